The first-order chi connectivity index (χ1) is 9.14. The van der Waals surface area contributed by atoms with Crippen LogP contribution in [0.5, 0.6) is 0 Å². The van der Waals surface area contributed by atoms with Gasteiger partial charge in [-0.3, -0.25) is 0 Å². The Hall–Kier alpha value is -1.35. The van der Waals surface area contributed by atoms with E-state index in [1.807, 2.05) is 42.5 Å². The van der Waals surface area contributed by atoms with Crippen molar-refractivity contribution >= 4 is 27.7 Å². The molecule has 1 aromatic carbocycles. The minimum Gasteiger partial charge on any atom is -0.309 e. The fraction of sp³-hybridized carbons (Fsp3) is 0.143. The van der Waals surface area contributed by atoms with Gasteiger partial charge in [0.1, 0.15) is 5.54 Å². The van der Waals surface area contributed by atoms with Crippen molar-refractivity contribution in [1.29, 1.82) is 5.26 Å². The molecule has 19 heavy (non-hydrogen) atoms. The standard InChI is InChI=1S/C14H12BrN3S/c15-12-6-7-13(18-8-12)19-10-14(17,9-16)11-4-2-1-3-5-11/h1-8H,10,17H2. The van der Waals surface area contributed by atoms with Crippen molar-refractivity contribution in [3.63, 3.8) is 0 Å². The fourth-order valence-corrected chi connectivity index (χ4v) is 2.68. The van der Waals surface area contributed by atoms with Gasteiger partial charge in [0.25, 0.3) is 0 Å². The monoisotopic (exact) mass is 333 g/mol. The van der Waals surface area contributed by atoms with Gasteiger partial charge in [-0.25, -0.2) is 4.98 Å². The lowest BCUT2D eigenvalue weighted by Crippen LogP contribution is -2.37. The molecule has 2 aromatic rings. The Morgan fingerprint density at radius 3 is 2.58 bits per heavy atom. The highest BCUT2D eigenvalue weighted by Crippen LogP contribution is 2.26. The minimum atomic E-state index is -0.999. The van der Waals surface area contributed by atoms with E-state index in [2.05, 4.69) is 27.0 Å². The topological polar surface area (TPSA) is 62.7 Å². The molecule has 1 heterocycles. The molecule has 0 aliphatic carbocycles. The molecule has 0 saturated heterocycles. The highest BCUT2D eigenvalue weighted by Gasteiger charge is 2.27. The van der Waals surface area contributed by atoms with Crippen molar-refractivity contribution in [2.45, 2.75) is 10.6 Å². The molecule has 0 aliphatic heterocycles. The summed E-state index contributed by atoms with van der Waals surface area (Å²) in [4.78, 5) is 4.26. The second kappa shape index (κ2) is 6.20. The first-order valence-electron chi connectivity index (χ1n) is 5.64. The number of hydrogen-bond acceptors (Lipinski definition) is 4. The number of hydrogen-bond donors (Lipinski definition) is 1. The first kappa shape index (κ1) is 14.1. The van der Waals surface area contributed by atoms with Gasteiger partial charge in [-0.15, -0.1) is 11.8 Å². The van der Waals surface area contributed by atoms with Gasteiger partial charge in [-0.05, 0) is 33.6 Å². The zero-order valence-electron chi connectivity index (χ0n) is 10.1. The first-order valence-corrected chi connectivity index (χ1v) is 7.42. The largest absolute Gasteiger partial charge is 0.309 e. The van der Waals surface area contributed by atoms with E-state index in [-0.39, 0.29) is 0 Å². The summed E-state index contributed by atoms with van der Waals surface area (Å²) in [6.07, 6.45) is 1.73. The summed E-state index contributed by atoms with van der Waals surface area (Å²) in [6.45, 7) is 0. The molecule has 3 nitrogen and oxygen atoms in total. The number of rotatable bonds is 4. The van der Waals surface area contributed by atoms with Crippen LogP contribution in [0.25, 0.3) is 0 Å². The predicted molar refractivity (Wildman–Crippen MR) is 80.6 cm³/mol. The van der Waals surface area contributed by atoms with Crippen molar-refractivity contribution in [1.82, 2.24) is 4.98 Å². The number of nitrogens with two attached hydrogens (primary N) is 1. The quantitative estimate of drug-likeness (QED) is 0.872. The molecule has 0 fully saturated rings. The second-order valence-electron chi connectivity index (χ2n) is 4.05. The maximum atomic E-state index is 9.34. The van der Waals surface area contributed by atoms with Gasteiger partial charge >= 0.3 is 0 Å². The van der Waals surface area contributed by atoms with E-state index in [1.54, 1.807) is 6.20 Å². The molecule has 0 amide bonds. The number of pyridine rings is 1. The Balaban J connectivity index is 2.12. The van der Waals surface area contributed by atoms with Crippen molar-refractivity contribution < 1.29 is 0 Å². The van der Waals surface area contributed by atoms with Crippen molar-refractivity contribution in [2.75, 3.05) is 5.75 Å². The molecule has 0 bridgehead atoms. The van der Waals surface area contributed by atoms with E-state index in [0.29, 0.717) is 5.75 Å². The summed E-state index contributed by atoms with van der Waals surface area (Å²) in [5.41, 5.74) is 6.00. The van der Waals surface area contributed by atoms with Crippen molar-refractivity contribution in [2.24, 2.45) is 5.73 Å². The molecular formula is C14H12BrN3S. The summed E-state index contributed by atoms with van der Waals surface area (Å²) in [6, 6.07) is 15.4. The third-order valence-corrected chi connectivity index (χ3v) is 4.24. The number of aromatic nitrogens is 1. The van der Waals surface area contributed by atoms with Crippen LogP contribution in [0.3, 0.4) is 0 Å². The van der Waals surface area contributed by atoms with Crippen LogP contribution < -0.4 is 5.73 Å². The normalized spacial score (nSPS) is 13.5. The van der Waals surface area contributed by atoms with Crippen molar-refractivity contribution in [3.8, 4) is 6.07 Å². The molecular weight excluding hydrogens is 322 g/mol. The van der Waals surface area contributed by atoms with Crippen LogP contribution in [-0.4, -0.2) is 10.7 Å². The Labute approximate surface area is 125 Å². The predicted octanol–water partition coefficient (Wildman–Crippen LogP) is 3.31. The van der Waals surface area contributed by atoms with Gasteiger partial charge in [0, 0.05) is 16.4 Å². The van der Waals surface area contributed by atoms with Crippen LogP contribution >= 0.6 is 27.7 Å². The van der Waals surface area contributed by atoms with E-state index in [9.17, 15) is 5.26 Å². The van der Waals surface area contributed by atoms with Gasteiger partial charge in [0.15, 0.2) is 0 Å². The molecule has 5 heteroatoms. The van der Waals surface area contributed by atoms with Gasteiger partial charge in [-0.2, -0.15) is 5.26 Å². The Bertz CT molecular complexity index is 580. The molecule has 0 aliphatic rings. The zero-order valence-corrected chi connectivity index (χ0v) is 12.5. The van der Waals surface area contributed by atoms with E-state index in [1.165, 1.54) is 11.8 Å². The third-order valence-electron chi connectivity index (χ3n) is 2.64. The summed E-state index contributed by atoms with van der Waals surface area (Å²) in [7, 11) is 0. The lowest BCUT2D eigenvalue weighted by atomic mass is 9.95. The maximum Gasteiger partial charge on any atom is 0.139 e. The van der Waals surface area contributed by atoms with E-state index < -0.39 is 5.54 Å². The van der Waals surface area contributed by atoms with Gasteiger partial charge in [0.2, 0.25) is 0 Å². The molecule has 0 saturated carbocycles. The lowest BCUT2D eigenvalue weighted by molar-refractivity contribution is 0.658. The Kier molecular flexibility index (Phi) is 4.59. The number of halogens is 1. The van der Waals surface area contributed by atoms with Crippen LogP contribution in [0.1, 0.15) is 5.56 Å². The maximum absolute atomic E-state index is 9.34. The summed E-state index contributed by atoms with van der Waals surface area (Å²) < 4.78 is 0.930. The smallest absolute Gasteiger partial charge is 0.139 e. The summed E-state index contributed by atoms with van der Waals surface area (Å²) in [5.74, 6) is 0.460. The number of nitrogens with zero attached hydrogens (tertiary/aromatic N) is 2. The number of benzene rings is 1. The average molecular weight is 334 g/mol. The van der Waals surface area contributed by atoms with Crippen LogP contribution in [0, 0.1) is 11.3 Å². The third kappa shape index (κ3) is 3.57. The highest BCUT2D eigenvalue weighted by atomic mass is 79.9. The Morgan fingerprint density at radius 1 is 1.26 bits per heavy atom. The number of nitriles is 1. The highest BCUT2D eigenvalue weighted by molar-refractivity contribution is 9.10. The summed E-state index contributed by atoms with van der Waals surface area (Å²) in [5, 5.41) is 10.2. The molecule has 0 radical (unpaired) electrons. The second-order valence-corrected chi connectivity index (χ2v) is 5.96. The molecule has 1 unspecified atom stereocenters. The van der Waals surface area contributed by atoms with Gasteiger partial charge in [0.05, 0.1) is 11.1 Å². The Morgan fingerprint density at radius 2 is 2.00 bits per heavy atom. The minimum absolute atomic E-state index is 0.460. The molecule has 2 rings (SSSR count). The molecule has 2 N–H and O–H groups in total. The number of thioether (sulfide) groups is 1. The van der Waals surface area contributed by atoms with Gasteiger partial charge < -0.3 is 5.73 Å². The molecule has 96 valence electrons. The zero-order chi connectivity index (χ0) is 13.7. The molecule has 1 atom stereocenters. The van der Waals surface area contributed by atoms with E-state index in [4.69, 9.17) is 5.73 Å². The fourth-order valence-electron chi connectivity index (χ4n) is 1.55. The van der Waals surface area contributed by atoms with Crippen LogP contribution in [0.15, 0.2) is 58.2 Å². The van der Waals surface area contributed by atoms with Gasteiger partial charge in [-0.1, -0.05) is 30.3 Å². The van der Waals surface area contributed by atoms with Crippen molar-refractivity contribution in [3.05, 3.63) is 58.7 Å². The molecule has 1 aromatic heterocycles. The van der Waals surface area contributed by atoms with Crippen LogP contribution in [0.4, 0.5) is 0 Å². The summed E-state index contributed by atoms with van der Waals surface area (Å²) >= 11 is 4.81. The van der Waals surface area contributed by atoms with E-state index in [0.717, 1.165) is 15.1 Å². The van der Waals surface area contributed by atoms with Crippen LogP contribution in [-0.2, 0) is 5.54 Å². The molecule has 0 spiro atoms. The lowest BCUT2D eigenvalue weighted by Gasteiger charge is -2.21. The van der Waals surface area contributed by atoms with E-state index >= 15 is 0 Å². The SMILES string of the molecule is N#CC(N)(CSc1ccc(Br)cn1)c1ccccc1. The average Bonchev–Trinajstić information content (AvgIpc) is 2.47. The van der Waals surface area contributed by atoms with Crippen LogP contribution in [0.2, 0.25) is 0 Å².